The standard InChI is InChI=1S/C23H12Cl2O4/c24-12-6-8-14-18(10-12)22(28)16(20(14)26)4-2-1-3-5-17-21(27)15-9-7-13(25)11-19(15)23(17)29/h1-11,28H. The van der Waals surface area contributed by atoms with E-state index in [0.717, 1.165) is 0 Å². The lowest BCUT2D eigenvalue weighted by Gasteiger charge is -1.98. The molecule has 0 atom stereocenters. The molecule has 2 aliphatic rings. The Morgan fingerprint density at radius 1 is 0.690 bits per heavy atom. The zero-order chi connectivity index (χ0) is 20.7. The van der Waals surface area contributed by atoms with Crippen molar-refractivity contribution >= 4 is 46.3 Å². The van der Waals surface area contributed by atoms with Crippen LogP contribution in [0, 0.1) is 0 Å². The minimum atomic E-state index is -0.375. The molecule has 0 aromatic heterocycles. The van der Waals surface area contributed by atoms with E-state index in [-0.39, 0.29) is 34.3 Å². The van der Waals surface area contributed by atoms with Gasteiger partial charge in [-0.15, -0.1) is 0 Å². The lowest BCUT2D eigenvalue weighted by molar-refractivity contribution is 0.0986. The summed E-state index contributed by atoms with van der Waals surface area (Å²) in [5, 5.41) is 11.1. The molecule has 0 radical (unpaired) electrons. The fourth-order valence-electron chi connectivity index (χ4n) is 3.28. The maximum absolute atomic E-state index is 12.4. The van der Waals surface area contributed by atoms with Crippen LogP contribution in [0.2, 0.25) is 10.0 Å². The van der Waals surface area contributed by atoms with Gasteiger partial charge in [-0.3, -0.25) is 14.4 Å². The predicted molar refractivity (Wildman–Crippen MR) is 112 cm³/mol. The first-order chi connectivity index (χ1) is 13.9. The minimum absolute atomic E-state index is 0.0490. The topological polar surface area (TPSA) is 71.4 Å². The highest BCUT2D eigenvalue weighted by molar-refractivity contribution is 6.40. The Labute approximate surface area is 176 Å². The zero-order valence-electron chi connectivity index (χ0n) is 14.8. The number of ketones is 3. The SMILES string of the molecule is O=C1C(=CC=CC=CC2=C(O)c3cc(Cl)ccc3C2=O)C(=O)c2cc(Cl)ccc21. The summed E-state index contributed by atoms with van der Waals surface area (Å²) >= 11 is 11.8. The molecule has 29 heavy (non-hydrogen) atoms. The molecule has 142 valence electrons. The van der Waals surface area contributed by atoms with Crippen molar-refractivity contribution in [2.24, 2.45) is 0 Å². The highest BCUT2D eigenvalue weighted by Crippen LogP contribution is 2.33. The van der Waals surface area contributed by atoms with Crippen molar-refractivity contribution in [3.8, 4) is 0 Å². The molecule has 0 unspecified atom stereocenters. The normalized spacial score (nSPS) is 17.3. The third kappa shape index (κ3) is 3.27. The van der Waals surface area contributed by atoms with Gasteiger partial charge < -0.3 is 5.11 Å². The fourth-order valence-corrected chi connectivity index (χ4v) is 3.62. The third-order valence-electron chi connectivity index (χ3n) is 4.69. The van der Waals surface area contributed by atoms with Crippen molar-refractivity contribution in [2.75, 3.05) is 0 Å². The van der Waals surface area contributed by atoms with E-state index in [9.17, 15) is 19.5 Å². The van der Waals surface area contributed by atoms with Crippen LogP contribution in [0.4, 0.5) is 0 Å². The van der Waals surface area contributed by atoms with Crippen LogP contribution in [0.25, 0.3) is 5.76 Å². The van der Waals surface area contributed by atoms with E-state index in [0.29, 0.717) is 32.3 Å². The lowest BCUT2D eigenvalue weighted by atomic mass is 10.1. The van der Waals surface area contributed by atoms with Gasteiger partial charge in [0.05, 0.1) is 11.1 Å². The summed E-state index contributed by atoms with van der Waals surface area (Å²) in [5.41, 5.74) is 1.60. The van der Waals surface area contributed by atoms with E-state index in [4.69, 9.17) is 23.2 Å². The molecule has 2 aromatic carbocycles. The van der Waals surface area contributed by atoms with Gasteiger partial charge in [0.25, 0.3) is 0 Å². The van der Waals surface area contributed by atoms with Crippen molar-refractivity contribution in [3.05, 3.63) is 110 Å². The molecule has 6 heteroatoms. The molecule has 0 saturated heterocycles. The molecule has 0 saturated carbocycles. The number of carbonyl (C=O) groups excluding carboxylic acids is 3. The van der Waals surface area contributed by atoms with E-state index >= 15 is 0 Å². The Morgan fingerprint density at radius 3 is 1.97 bits per heavy atom. The first kappa shape index (κ1) is 19.1. The Balaban J connectivity index is 1.53. The number of fused-ring (bicyclic) bond motifs is 2. The molecule has 0 heterocycles. The zero-order valence-corrected chi connectivity index (χ0v) is 16.3. The molecule has 0 bridgehead atoms. The number of aliphatic hydroxyl groups is 1. The number of rotatable bonds is 3. The Hall–Kier alpha value is -3.21. The number of halogens is 2. The monoisotopic (exact) mass is 422 g/mol. The van der Waals surface area contributed by atoms with Crippen molar-refractivity contribution in [1.82, 2.24) is 0 Å². The molecule has 2 aromatic rings. The number of hydrogen-bond acceptors (Lipinski definition) is 4. The van der Waals surface area contributed by atoms with Crippen molar-refractivity contribution in [3.63, 3.8) is 0 Å². The lowest BCUT2D eigenvalue weighted by Crippen LogP contribution is -1.99. The van der Waals surface area contributed by atoms with Gasteiger partial charge in [-0.05, 0) is 48.6 Å². The van der Waals surface area contributed by atoms with Crippen LogP contribution in [0.3, 0.4) is 0 Å². The highest BCUT2D eigenvalue weighted by atomic mass is 35.5. The quantitative estimate of drug-likeness (QED) is 0.398. The van der Waals surface area contributed by atoms with Gasteiger partial charge in [-0.2, -0.15) is 0 Å². The summed E-state index contributed by atoms with van der Waals surface area (Å²) in [6.45, 7) is 0. The fraction of sp³-hybridized carbons (Fsp3) is 0. The minimum Gasteiger partial charge on any atom is -0.507 e. The molecular formula is C23H12Cl2O4. The average molecular weight is 423 g/mol. The van der Waals surface area contributed by atoms with Gasteiger partial charge in [0.2, 0.25) is 0 Å². The first-order valence-electron chi connectivity index (χ1n) is 8.60. The van der Waals surface area contributed by atoms with Gasteiger partial charge in [-0.1, -0.05) is 41.4 Å². The second-order valence-electron chi connectivity index (χ2n) is 6.45. The number of benzene rings is 2. The molecule has 4 nitrogen and oxygen atoms in total. The Bertz CT molecular complexity index is 1230. The van der Waals surface area contributed by atoms with E-state index < -0.39 is 0 Å². The number of aliphatic hydroxyl groups excluding tert-OH is 1. The van der Waals surface area contributed by atoms with Crippen molar-refractivity contribution in [1.29, 1.82) is 0 Å². The maximum Gasteiger partial charge on any atom is 0.197 e. The maximum atomic E-state index is 12.4. The van der Waals surface area contributed by atoms with Crippen LogP contribution in [0.15, 0.2) is 77.9 Å². The van der Waals surface area contributed by atoms with Crippen LogP contribution in [-0.4, -0.2) is 22.5 Å². The van der Waals surface area contributed by atoms with E-state index in [2.05, 4.69) is 0 Å². The molecular weight excluding hydrogens is 411 g/mol. The number of Topliss-reactive ketones (excluding diaryl/α,β-unsaturated/α-hetero) is 3. The van der Waals surface area contributed by atoms with Crippen molar-refractivity contribution < 1.29 is 19.5 Å². The smallest absolute Gasteiger partial charge is 0.197 e. The van der Waals surface area contributed by atoms with Crippen LogP contribution >= 0.6 is 23.2 Å². The van der Waals surface area contributed by atoms with Crippen LogP contribution in [-0.2, 0) is 0 Å². The third-order valence-corrected chi connectivity index (χ3v) is 5.16. The second kappa shape index (κ2) is 7.32. The highest BCUT2D eigenvalue weighted by Gasteiger charge is 2.32. The summed E-state index contributed by atoms with van der Waals surface area (Å²) in [4.78, 5) is 37.1. The van der Waals surface area contributed by atoms with E-state index in [1.807, 2.05) is 0 Å². The molecule has 2 aliphatic carbocycles. The van der Waals surface area contributed by atoms with Gasteiger partial charge in [0, 0.05) is 32.3 Å². The summed E-state index contributed by atoms with van der Waals surface area (Å²) in [7, 11) is 0. The van der Waals surface area contributed by atoms with Gasteiger partial charge in [-0.25, -0.2) is 0 Å². The van der Waals surface area contributed by atoms with Crippen molar-refractivity contribution in [2.45, 2.75) is 0 Å². The van der Waals surface area contributed by atoms with Crippen LogP contribution in [0.1, 0.15) is 36.6 Å². The second-order valence-corrected chi connectivity index (χ2v) is 7.33. The van der Waals surface area contributed by atoms with Gasteiger partial charge in [0.15, 0.2) is 17.3 Å². The van der Waals surface area contributed by atoms with Crippen LogP contribution in [0.5, 0.6) is 0 Å². The average Bonchev–Trinajstić information content (AvgIpc) is 3.07. The predicted octanol–water partition coefficient (Wildman–Crippen LogP) is 5.58. The summed E-state index contributed by atoms with van der Waals surface area (Å²) in [6, 6.07) is 9.27. The molecule has 0 fully saturated rings. The Kier molecular flexibility index (Phi) is 4.82. The summed E-state index contributed by atoms with van der Waals surface area (Å²) in [5.74, 6) is -1.16. The van der Waals surface area contributed by atoms with E-state index in [1.165, 1.54) is 36.4 Å². The largest absolute Gasteiger partial charge is 0.507 e. The molecule has 1 N–H and O–H groups in total. The van der Waals surface area contributed by atoms with Gasteiger partial charge >= 0.3 is 0 Å². The summed E-state index contributed by atoms with van der Waals surface area (Å²) < 4.78 is 0. The Morgan fingerprint density at radius 2 is 1.28 bits per heavy atom. The molecule has 0 spiro atoms. The first-order valence-corrected chi connectivity index (χ1v) is 9.36. The van der Waals surface area contributed by atoms with Gasteiger partial charge in [0.1, 0.15) is 5.76 Å². The van der Waals surface area contributed by atoms with Crippen LogP contribution < -0.4 is 0 Å². The molecule has 4 rings (SSSR count). The van der Waals surface area contributed by atoms with E-state index in [1.54, 1.807) is 30.4 Å². The number of allylic oxidation sites excluding steroid dienone is 7. The number of hydrogen-bond donors (Lipinski definition) is 1. The summed E-state index contributed by atoms with van der Waals surface area (Å²) in [6.07, 6.45) is 7.51. The molecule has 0 aliphatic heterocycles. The molecule has 0 amide bonds. The number of carbonyl (C=O) groups is 3.